The van der Waals surface area contributed by atoms with Crippen LogP contribution in [0.5, 0.6) is 11.5 Å². The summed E-state index contributed by atoms with van der Waals surface area (Å²) in [5.41, 5.74) is 5.96. The largest absolute Gasteiger partial charge is 0.497 e. The third-order valence-corrected chi connectivity index (χ3v) is 5.07. The van der Waals surface area contributed by atoms with Crippen molar-refractivity contribution in [2.75, 3.05) is 19.5 Å². The lowest BCUT2D eigenvalue weighted by Crippen LogP contribution is -2.13. The quantitative estimate of drug-likeness (QED) is 0.517. The lowest BCUT2D eigenvalue weighted by Gasteiger charge is -2.12. The molecule has 0 radical (unpaired) electrons. The third-order valence-electron chi connectivity index (χ3n) is 5.07. The molecule has 1 N–H and O–H groups in total. The molecule has 0 atom stereocenters. The molecule has 6 heteroatoms. The second kappa shape index (κ2) is 7.91. The summed E-state index contributed by atoms with van der Waals surface area (Å²) in [6, 6.07) is 15.1. The monoisotopic (exact) mass is 401 g/mol. The van der Waals surface area contributed by atoms with Gasteiger partial charge in [-0.2, -0.15) is 0 Å². The average molecular weight is 401 g/mol. The maximum Gasteiger partial charge on any atom is 0.255 e. The molecule has 0 aliphatic carbocycles. The van der Waals surface area contributed by atoms with Crippen molar-refractivity contribution < 1.29 is 14.3 Å². The number of pyridine rings is 1. The highest BCUT2D eigenvalue weighted by atomic mass is 16.5. The molecule has 1 amide bonds. The third kappa shape index (κ3) is 3.72. The number of aryl methyl sites for hydroxylation is 2. The minimum atomic E-state index is -0.238. The van der Waals surface area contributed by atoms with Crippen molar-refractivity contribution in [1.82, 2.24) is 9.38 Å². The van der Waals surface area contributed by atoms with Gasteiger partial charge in [-0.3, -0.25) is 4.79 Å². The zero-order valence-electron chi connectivity index (χ0n) is 17.4. The fourth-order valence-electron chi connectivity index (χ4n) is 3.34. The molecule has 0 saturated carbocycles. The van der Waals surface area contributed by atoms with Crippen molar-refractivity contribution >= 4 is 17.2 Å². The van der Waals surface area contributed by atoms with Crippen LogP contribution in [0.1, 0.15) is 21.5 Å². The summed E-state index contributed by atoms with van der Waals surface area (Å²) >= 11 is 0. The number of aromatic nitrogens is 2. The summed E-state index contributed by atoms with van der Waals surface area (Å²) in [5.74, 6) is 0.883. The fraction of sp³-hybridized carbons (Fsp3) is 0.167. The first-order valence-electron chi connectivity index (χ1n) is 9.58. The number of carbonyl (C=O) groups is 1. The van der Waals surface area contributed by atoms with Crippen LogP contribution in [0.25, 0.3) is 16.9 Å². The highest BCUT2D eigenvalue weighted by molar-refractivity contribution is 6.05. The van der Waals surface area contributed by atoms with Crippen LogP contribution in [0.3, 0.4) is 0 Å². The molecule has 2 aromatic carbocycles. The van der Waals surface area contributed by atoms with Gasteiger partial charge >= 0.3 is 0 Å². The number of ether oxygens (including phenoxy) is 2. The molecule has 30 heavy (non-hydrogen) atoms. The molecular formula is C24H23N3O3. The Hall–Kier alpha value is -3.80. The molecule has 152 valence electrons. The van der Waals surface area contributed by atoms with Gasteiger partial charge in [-0.15, -0.1) is 0 Å². The zero-order chi connectivity index (χ0) is 21.3. The maximum absolute atomic E-state index is 12.9. The Morgan fingerprint density at radius 3 is 2.37 bits per heavy atom. The van der Waals surface area contributed by atoms with Gasteiger partial charge in [-0.05, 0) is 49.2 Å². The summed E-state index contributed by atoms with van der Waals surface area (Å²) < 4.78 is 12.5. The van der Waals surface area contributed by atoms with Crippen molar-refractivity contribution in [2.45, 2.75) is 13.8 Å². The van der Waals surface area contributed by atoms with Gasteiger partial charge in [-0.1, -0.05) is 18.2 Å². The Kier molecular flexibility index (Phi) is 5.14. The first kappa shape index (κ1) is 19.5. The second-order valence-electron chi connectivity index (χ2n) is 7.13. The molecule has 0 aliphatic heterocycles. The van der Waals surface area contributed by atoms with E-state index >= 15 is 0 Å². The van der Waals surface area contributed by atoms with Gasteiger partial charge in [-0.25, -0.2) is 4.98 Å². The first-order chi connectivity index (χ1) is 14.5. The van der Waals surface area contributed by atoms with E-state index in [2.05, 4.69) is 5.32 Å². The summed E-state index contributed by atoms with van der Waals surface area (Å²) in [6.45, 7) is 3.99. The summed E-state index contributed by atoms with van der Waals surface area (Å²) in [5, 5.41) is 3.00. The fourth-order valence-corrected chi connectivity index (χ4v) is 3.34. The highest BCUT2D eigenvalue weighted by Crippen LogP contribution is 2.27. The topological polar surface area (TPSA) is 64.9 Å². The van der Waals surface area contributed by atoms with Crippen LogP contribution in [0.2, 0.25) is 0 Å². The number of amides is 1. The molecule has 6 nitrogen and oxygen atoms in total. The van der Waals surface area contributed by atoms with Gasteiger partial charge < -0.3 is 19.2 Å². The van der Waals surface area contributed by atoms with Gasteiger partial charge in [0, 0.05) is 35.3 Å². The Balaban J connectivity index is 1.67. The van der Waals surface area contributed by atoms with Crippen molar-refractivity contribution in [3.8, 4) is 22.8 Å². The molecule has 4 aromatic rings. The van der Waals surface area contributed by atoms with Crippen molar-refractivity contribution in [1.29, 1.82) is 0 Å². The van der Waals surface area contributed by atoms with E-state index in [9.17, 15) is 4.79 Å². The maximum atomic E-state index is 12.9. The van der Waals surface area contributed by atoms with Crippen LogP contribution in [-0.2, 0) is 0 Å². The summed E-state index contributed by atoms with van der Waals surface area (Å²) in [7, 11) is 3.11. The van der Waals surface area contributed by atoms with E-state index in [1.54, 1.807) is 32.4 Å². The van der Waals surface area contributed by atoms with Crippen LogP contribution in [-0.4, -0.2) is 29.5 Å². The Labute approximate surface area is 175 Å². The van der Waals surface area contributed by atoms with Crippen molar-refractivity contribution in [3.63, 3.8) is 0 Å². The smallest absolute Gasteiger partial charge is 0.255 e. The molecule has 0 spiro atoms. The number of nitrogens with zero attached hydrogens (tertiary/aromatic N) is 2. The normalized spacial score (nSPS) is 10.8. The Bertz CT molecular complexity index is 1220. The zero-order valence-corrected chi connectivity index (χ0v) is 17.4. The van der Waals surface area contributed by atoms with E-state index < -0.39 is 0 Å². The number of anilines is 1. The van der Waals surface area contributed by atoms with E-state index in [1.807, 2.05) is 61.0 Å². The molecule has 0 fully saturated rings. The molecule has 2 aromatic heterocycles. The SMILES string of the molecule is COc1cc(OC)cc(C(=O)Nc2cc(-c3cn4cccc(C)c4n3)ccc2C)c1. The Morgan fingerprint density at radius 2 is 1.70 bits per heavy atom. The van der Waals surface area contributed by atoms with Crippen LogP contribution in [0.4, 0.5) is 5.69 Å². The number of benzene rings is 2. The standard InChI is InChI=1S/C24H23N3O3/c1-15-7-8-17(22-14-27-9-5-6-16(2)23(27)25-22)12-21(15)26-24(28)18-10-19(29-3)13-20(11-18)30-4/h5-14H,1-4H3,(H,26,28). The molecule has 0 saturated heterocycles. The van der Waals surface area contributed by atoms with Gasteiger partial charge in [0.1, 0.15) is 17.1 Å². The van der Waals surface area contributed by atoms with E-state index in [0.717, 1.165) is 33.7 Å². The van der Waals surface area contributed by atoms with Crippen LogP contribution >= 0.6 is 0 Å². The first-order valence-corrected chi connectivity index (χ1v) is 9.58. The predicted octanol–water partition coefficient (Wildman–Crippen LogP) is 4.89. The number of methoxy groups -OCH3 is 2. The number of imidazole rings is 1. The lowest BCUT2D eigenvalue weighted by molar-refractivity contribution is 0.102. The number of rotatable bonds is 5. The molecule has 0 bridgehead atoms. The van der Waals surface area contributed by atoms with Gasteiger partial charge in [0.25, 0.3) is 5.91 Å². The number of nitrogens with one attached hydrogen (secondary N) is 1. The number of hydrogen-bond donors (Lipinski definition) is 1. The minimum absolute atomic E-state index is 0.238. The van der Waals surface area contributed by atoms with Gasteiger partial charge in [0.2, 0.25) is 0 Å². The molecule has 4 rings (SSSR count). The van der Waals surface area contributed by atoms with Crippen molar-refractivity contribution in [2.24, 2.45) is 0 Å². The summed E-state index contributed by atoms with van der Waals surface area (Å²) in [6.07, 6.45) is 3.97. The highest BCUT2D eigenvalue weighted by Gasteiger charge is 2.13. The van der Waals surface area contributed by atoms with Crippen LogP contribution in [0, 0.1) is 13.8 Å². The lowest BCUT2D eigenvalue weighted by atomic mass is 10.1. The minimum Gasteiger partial charge on any atom is -0.497 e. The van der Waals surface area contributed by atoms with Crippen LogP contribution in [0.15, 0.2) is 60.9 Å². The summed E-state index contributed by atoms with van der Waals surface area (Å²) in [4.78, 5) is 17.6. The predicted molar refractivity (Wildman–Crippen MR) is 118 cm³/mol. The molecule has 0 aliphatic rings. The van der Waals surface area contributed by atoms with Crippen molar-refractivity contribution in [3.05, 3.63) is 77.6 Å². The second-order valence-corrected chi connectivity index (χ2v) is 7.13. The number of hydrogen-bond acceptors (Lipinski definition) is 4. The van der Waals surface area contributed by atoms with Gasteiger partial charge in [0.05, 0.1) is 19.9 Å². The Morgan fingerprint density at radius 1 is 0.967 bits per heavy atom. The number of fused-ring (bicyclic) bond motifs is 1. The van der Waals surface area contributed by atoms with E-state index in [4.69, 9.17) is 14.5 Å². The number of carbonyl (C=O) groups excluding carboxylic acids is 1. The van der Waals surface area contributed by atoms with E-state index in [-0.39, 0.29) is 5.91 Å². The van der Waals surface area contributed by atoms with Crippen LogP contribution < -0.4 is 14.8 Å². The molecule has 2 heterocycles. The average Bonchev–Trinajstić information content (AvgIpc) is 3.20. The van der Waals surface area contributed by atoms with E-state index in [1.165, 1.54) is 0 Å². The van der Waals surface area contributed by atoms with Gasteiger partial charge in [0.15, 0.2) is 0 Å². The van der Waals surface area contributed by atoms with E-state index in [0.29, 0.717) is 17.1 Å². The molecule has 0 unspecified atom stereocenters. The molecular weight excluding hydrogens is 378 g/mol.